The van der Waals surface area contributed by atoms with E-state index in [0.29, 0.717) is 5.02 Å². The van der Waals surface area contributed by atoms with Crippen LogP contribution in [-0.4, -0.2) is 12.1 Å². The average molecular weight is 286 g/mol. The molecule has 0 aliphatic carbocycles. The van der Waals surface area contributed by atoms with Crippen LogP contribution in [0.25, 0.3) is 0 Å². The Morgan fingerprint density at radius 1 is 1.16 bits per heavy atom. The fourth-order valence-corrected chi connectivity index (χ4v) is 2.20. The van der Waals surface area contributed by atoms with Crippen LogP contribution >= 0.6 is 11.6 Å². The third kappa shape index (κ3) is 6.40. The summed E-state index contributed by atoms with van der Waals surface area (Å²) in [7, 11) is 0. The molecule has 1 aromatic rings. The summed E-state index contributed by atoms with van der Waals surface area (Å²) >= 11 is 5.77. The molecule has 1 aromatic carbocycles. The number of benzene rings is 1. The Morgan fingerprint density at radius 3 is 2.32 bits per heavy atom. The number of rotatable bonds is 5. The van der Waals surface area contributed by atoms with E-state index in [-0.39, 0.29) is 16.8 Å². The minimum atomic E-state index is -0.204. The normalized spacial score (nSPS) is 12.8. The lowest BCUT2D eigenvalue weighted by molar-refractivity contribution is 0.299. The highest BCUT2D eigenvalue weighted by Crippen LogP contribution is 2.28. The first-order valence-corrected chi connectivity index (χ1v) is 7.16. The topological polar surface area (TPSA) is 12.0 Å². The second-order valence-electron chi connectivity index (χ2n) is 7.00. The van der Waals surface area contributed by atoms with Crippen molar-refractivity contribution in [3.8, 4) is 0 Å². The van der Waals surface area contributed by atoms with Crippen molar-refractivity contribution in [2.75, 3.05) is 6.54 Å². The predicted octanol–water partition coefficient (Wildman–Crippen LogP) is 4.83. The molecule has 0 amide bonds. The molecule has 3 heteroatoms. The minimum absolute atomic E-state index is 0.0624. The summed E-state index contributed by atoms with van der Waals surface area (Å²) in [5, 5.41) is 3.92. The molecule has 0 aromatic heterocycles. The van der Waals surface area contributed by atoms with Gasteiger partial charge in [0.05, 0.1) is 0 Å². The third-order valence-electron chi connectivity index (χ3n) is 3.14. The fraction of sp³-hybridized carbons (Fsp3) is 0.625. The molecule has 0 bridgehead atoms. The molecule has 0 aliphatic rings. The van der Waals surface area contributed by atoms with Gasteiger partial charge in [-0.2, -0.15) is 0 Å². The van der Waals surface area contributed by atoms with E-state index < -0.39 is 0 Å². The molecule has 0 aliphatic heterocycles. The predicted molar refractivity (Wildman–Crippen MR) is 81.3 cm³/mol. The Balaban J connectivity index is 2.58. The molecule has 1 rings (SSSR count). The van der Waals surface area contributed by atoms with Crippen LogP contribution in [0.5, 0.6) is 0 Å². The summed E-state index contributed by atoms with van der Waals surface area (Å²) in [6.07, 6.45) is 1.73. The van der Waals surface area contributed by atoms with Gasteiger partial charge in [-0.15, -0.1) is 0 Å². The first-order chi connectivity index (χ1) is 8.59. The van der Waals surface area contributed by atoms with Gasteiger partial charge in [0.2, 0.25) is 0 Å². The zero-order valence-corrected chi connectivity index (χ0v) is 13.4. The Kier molecular flexibility index (Phi) is 5.40. The highest BCUT2D eigenvalue weighted by Gasteiger charge is 2.21. The maximum atomic E-state index is 13.8. The molecule has 108 valence electrons. The van der Waals surface area contributed by atoms with Crippen LogP contribution in [0.3, 0.4) is 0 Å². The number of hydrogen-bond acceptors (Lipinski definition) is 1. The Hall–Kier alpha value is -0.600. The number of nitrogens with one attached hydrogen (secondary N) is 1. The molecule has 1 N–H and O–H groups in total. The van der Waals surface area contributed by atoms with Crippen molar-refractivity contribution in [1.82, 2.24) is 5.32 Å². The van der Waals surface area contributed by atoms with E-state index in [9.17, 15) is 4.39 Å². The van der Waals surface area contributed by atoms with Gasteiger partial charge in [0, 0.05) is 10.6 Å². The van der Waals surface area contributed by atoms with Gasteiger partial charge in [-0.1, -0.05) is 31.5 Å². The summed E-state index contributed by atoms with van der Waals surface area (Å²) in [5.74, 6) is -0.204. The Bertz CT molecular complexity index is 421. The van der Waals surface area contributed by atoms with Crippen molar-refractivity contribution in [2.24, 2.45) is 5.41 Å². The van der Waals surface area contributed by atoms with Crippen LogP contribution < -0.4 is 5.32 Å². The van der Waals surface area contributed by atoms with Gasteiger partial charge in [-0.05, 0) is 63.3 Å². The van der Waals surface area contributed by atoms with Crippen molar-refractivity contribution in [3.63, 3.8) is 0 Å². The molecule has 0 saturated heterocycles. The van der Waals surface area contributed by atoms with Crippen molar-refractivity contribution >= 4 is 11.6 Å². The van der Waals surface area contributed by atoms with E-state index in [0.717, 1.165) is 24.9 Å². The van der Waals surface area contributed by atoms with Gasteiger partial charge < -0.3 is 5.32 Å². The maximum Gasteiger partial charge on any atom is 0.127 e. The van der Waals surface area contributed by atoms with Gasteiger partial charge in [0.25, 0.3) is 0 Å². The van der Waals surface area contributed by atoms with E-state index >= 15 is 0 Å². The number of hydrogen-bond donors (Lipinski definition) is 1. The monoisotopic (exact) mass is 285 g/mol. The van der Waals surface area contributed by atoms with Gasteiger partial charge in [0.1, 0.15) is 5.82 Å². The molecule has 19 heavy (non-hydrogen) atoms. The molecule has 0 atom stereocenters. The van der Waals surface area contributed by atoms with Crippen LogP contribution in [0.4, 0.5) is 4.39 Å². The molecule has 0 fully saturated rings. The largest absolute Gasteiger partial charge is 0.312 e. The van der Waals surface area contributed by atoms with E-state index in [4.69, 9.17) is 11.6 Å². The van der Waals surface area contributed by atoms with E-state index in [1.165, 1.54) is 6.07 Å². The lowest BCUT2D eigenvalue weighted by Gasteiger charge is -2.28. The van der Waals surface area contributed by atoms with Crippen molar-refractivity contribution < 1.29 is 4.39 Å². The summed E-state index contributed by atoms with van der Waals surface area (Å²) in [5.41, 5.74) is 0.930. The molecule has 0 saturated carbocycles. The number of halogens is 2. The standard InChI is InChI=1S/C16H25ClFN/c1-15(2,3)19-9-8-16(4,5)11-12-6-7-13(17)10-14(12)18/h6-7,10,19H,8-9,11H2,1-5H3. The molecule has 0 heterocycles. The molecule has 0 radical (unpaired) electrons. The fourth-order valence-electron chi connectivity index (χ4n) is 2.04. The van der Waals surface area contributed by atoms with E-state index in [2.05, 4.69) is 39.9 Å². The Morgan fingerprint density at radius 2 is 1.79 bits per heavy atom. The SMILES string of the molecule is CC(C)(CCNC(C)(C)C)Cc1ccc(Cl)cc1F. The van der Waals surface area contributed by atoms with Crippen LogP contribution in [0.1, 0.15) is 46.6 Å². The summed E-state index contributed by atoms with van der Waals surface area (Å²) in [4.78, 5) is 0. The quantitative estimate of drug-likeness (QED) is 0.817. The second-order valence-corrected chi connectivity index (χ2v) is 7.44. The van der Waals surface area contributed by atoms with Gasteiger partial charge in [-0.3, -0.25) is 0 Å². The smallest absolute Gasteiger partial charge is 0.127 e. The Labute approximate surface area is 121 Å². The molecule has 1 nitrogen and oxygen atoms in total. The second kappa shape index (κ2) is 6.23. The summed E-state index contributed by atoms with van der Waals surface area (Å²) in [6.45, 7) is 11.7. The highest BCUT2D eigenvalue weighted by molar-refractivity contribution is 6.30. The van der Waals surface area contributed by atoms with E-state index in [1.54, 1.807) is 12.1 Å². The zero-order chi connectivity index (χ0) is 14.7. The van der Waals surface area contributed by atoms with Crippen LogP contribution in [-0.2, 0) is 6.42 Å². The van der Waals surface area contributed by atoms with Crippen LogP contribution in [0.2, 0.25) is 5.02 Å². The van der Waals surface area contributed by atoms with E-state index in [1.807, 2.05) is 0 Å². The minimum Gasteiger partial charge on any atom is -0.312 e. The molecule has 0 unspecified atom stereocenters. The highest BCUT2D eigenvalue weighted by atomic mass is 35.5. The van der Waals surface area contributed by atoms with Crippen LogP contribution in [0, 0.1) is 11.2 Å². The van der Waals surface area contributed by atoms with Crippen molar-refractivity contribution in [3.05, 3.63) is 34.6 Å². The third-order valence-corrected chi connectivity index (χ3v) is 3.38. The lowest BCUT2D eigenvalue weighted by atomic mass is 9.82. The van der Waals surface area contributed by atoms with Crippen LogP contribution in [0.15, 0.2) is 18.2 Å². The maximum absolute atomic E-state index is 13.8. The van der Waals surface area contributed by atoms with Crippen molar-refractivity contribution in [1.29, 1.82) is 0 Å². The first kappa shape index (κ1) is 16.5. The van der Waals surface area contributed by atoms with Crippen molar-refractivity contribution in [2.45, 2.75) is 53.0 Å². The molecule has 0 spiro atoms. The first-order valence-electron chi connectivity index (χ1n) is 6.78. The van der Waals surface area contributed by atoms with Gasteiger partial charge in [-0.25, -0.2) is 4.39 Å². The summed E-state index contributed by atoms with van der Waals surface area (Å²) in [6, 6.07) is 4.93. The van der Waals surface area contributed by atoms with Gasteiger partial charge >= 0.3 is 0 Å². The van der Waals surface area contributed by atoms with Gasteiger partial charge in [0.15, 0.2) is 0 Å². The average Bonchev–Trinajstić information content (AvgIpc) is 2.20. The molecular formula is C16H25ClFN. The summed E-state index contributed by atoms with van der Waals surface area (Å²) < 4.78 is 13.8. The molecular weight excluding hydrogens is 261 g/mol. The zero-order valence-electron chi connectivity index (χ0n) is 12.6. The lowest BCUT2D eigenvalue weighted by Crippen LogP contribution is -2.38.